The summed E-state index contributed by atoms with van der Waals surface area (Å²) < 4.78 is 13.1. The third kappa shape index (κ3) is 5.32. The lowest BCUT2D eigenvalue weighted by Gasteiger charge is -2.12. The Morgan fingerprint density at radius 2 is 2.14 bits per heavy atom. The summed E-state index contributed by atoms with van der Waals surface area (Å²) in [6, 6.07) is 7.26. The molecule has 0 radical (unpaired) electrons. The van der Waals surface area contributed by atoms with Gasteiger partial charge in [-0.3, -0.25) is 9.36 Å². The number of ether oxygens (including phenoxy) is 1. The number of allylic oxidation sites excluding steroid dienone is 1. The number of esters is 1. The molecule has 3 heterocycles. The number of anilines is 1. The fourth-order valence-electron chi connectivity index (χ4n) is 4.36. The number of nitrogens with zero attached hydrogens (tertiary/aromatic N) is 3. The zero-order valence-electron chi connectivity index (χ0n) is 20.2. The normalized spacial score (nSPS) is 12.9. The first kappa shape index (κ1) is 25.6. The lowest BCUT2D eigenvalue weighted by Crippen LogP contribution is -2.17. The van der Waals surface area contributed by atoms with Crippen LogP contribution >= 0.6 is 34.7 Å². The number of carbonyl (C=O) groups excluding carboxylic acids is 2. The Labute approximate surface area is 227 Å². The predicted octanol–water partition coefficient (Wildman–Crippen LogP) is 6.38. The van der Waals surface area contributed by atoms with Gasteiger partial charge in [0, 0.05) is 21.8 Å². The number of benzene rings is 1. The van der Waals surface area contributed by atoms with Crippen molar-refractivity contribution in [2.45, 2.75) is 44.3 Å². The van der Waals surface area contributed by atoms with E-state index in [9.17, 15) is 9.59 Å². The fraction of sp³-hybridized carbons (Fsp3) is 0.308. The van der Waals surface area contributed by atoms with Gasteiger partial charge in [0.05, 0.1) is 17.9 Å². The molecule has 1 aliphatic rings. The van der Waals surface area contributed by atoms with E-state index < -0.39 is 0 Å². The topological polar surface area (TPSA) is 99.2 Å². The Morgan fingerprint density at radius 1 is 1.30 bits per heavy atom. The highest BCUT2D eigenvalue weighted by Gasteiger charge is 2.27. The molecule has 4 aromatic rings. The van der Waals surface area contributed by atoms with Gasteiger partial charge in [0.2, 0.25) is 11.7 Å². The van der Waals surface area contributed by atoms with Crippen LogP contribution in [0.2, 0.25) is 5.02 Å². The molecule has 11 heteroatoms. The van der Waals surface area contributed by atoms with Crippen molar-refractivity contribution in [3.63, 3.8) is 0 Å². The molecule has 1 aliphatic carbocycles. The second-order valence-corrected chi connectivity index (χ2v) is 11.0. The Kier molecular flexibility index (Phi) is 7.68. The van der Waals surface area contributed by atoms with Crippen LogP contribution in [0, 0.1) is 0 Å². The molecule has 8 nitrogen and oxygen atoms in total. The van der Waals surface area contributed by atoms with Crippen LogP contribution in [-0.2, 0) is 28.9 Å². The van der Waals surface area contributed by atoms with Crippen LogP contribution in [0.4, 0.5) is 5.00 Å². The van der Waals surface area contributed by atoms with E-state index in [0.29, 0.717) is 44.5 Å². The molecule has 0 unspecified atom stereocenters. The van der Waals surface area contributed by atoms with Crippen LogP contribution < -0.4 is 5.32 Å². The number of aromatic nitrogens is 3. The first-order valence-electron chi connectivity index (χ1n) is 12.0. The highest BCUT2D eigenvalue weighted by molar-refractivity contribution is 7.99. The maximum atomic E-state index is 12.9. The largest absolute Gasteiger partial charge is 0.462 e. The summed E-state index contributed by atoms with van der Waals surface area (Å²) in [6.45, 7) is 6.34. The SMILES string of the molecule is C=CCn1c(SCC(=O)Nc2sc3c(c2C(=O)OCC)CCCC3)nnc1-c1cc2cc(Cl)ccc2o1. The zero-order valence-corrected chi connectivity index (χ0v) is 22.6. The molecule has 0 bridgehead atoms. The number of furan rings is 1. The van der Waals surface area contributed by atoms with Gasteiger partial charge in [0.25, 0.3) is 0 Å². The maximum absolute atomic E-state index is 12.9. The van der Waals surface area contributed by atoms with Crippen molar-refractivity contribution < 1.29 is 18.7 Å². The van der Waals surface area contributed by atoms with Crippen molar-refractivity contribution in [1.82, 2.24) is 14.8 Å². The minimum atomic E-state index is -0.382. The lowest BCUT2D eigenvalue weighted by atomic mass is 9.95. The van der Waals surface area contributed by atoms with E-state index in [0.717, 1.165) is 41.5 Å². The number of nitrogens with one attached hydrogen (secondary N) is 1. The van der Waals surface area contributed by atoms with Crippen molar-refractivity contribution in [3.8, 4) is 11.6 Å². The molecule has 37 heavy (non-hydrogen) atoms. The number of hydrogen-bond acceptors (Lipinski definition) is 8. The zero-order chi connectivity index (χ0) is 25.9. The molecule has 0 aliphatic heterocycles. The monoisotopic (exact) mass is 556 g/mol. The Hall–Kier alpha value is -3.08. The van der Waals surface area contributed by atoms with Gasteiger partial charge < -0.3 is 14.5 Å². The highest BCUT2D eigenvalue weighted by atomic mass is 35.5. The van der Waals surface area contributed by atoms with Gasteiger partial charge in [-0.15, -0.1) is 28.1 Å². The first-order chi connectivity index (χ1) is 18.0. The summed E-state index contributed by atoms with van der Waals surface area (Å²) in [5, 5.41) is 14.1. The van der Waals surface area contributed by atoms with Crippen LogP contribution in [0.25, 0.3) is 22.6 Å². The number of aryl methyl sites for hydroxylation is 1. The fourth-order valence-corrected chi connectivity index (χ4v) is 6.58. The standard InChI is InChI=1S/C26H25ClN4O4S2/c1-3-11-31-23(19-13-15-12-16(27)9-10-18(15)35-19)29-30-26(31)36-14-21(32)28-24-22(25(33)34-4-2)17-7-5-6-8-20(17)37-24/h3,9-10,12-13H,1,4-8,11,14H2,2H3,(H,28,32). The Bertz CT molecular complexity index is 1490. The van der Waals surface area contributed by atoms with Crippen LogP contribution in [-0.4, -0.2) is 39.0 Å². The average molecular weight is 557 g/mol. The number of rotatable bonds is 9. The lowest BCUT2D eigenvalue weighted by molar-refractivity contribution is -0.113. The van der Waals surface area contributed by atoms with E-state index in [1.807, 2.05) is 22.8 Å². The maximum Gasteiger partial charge on any atom is 0.341 e. The number of fused-ring (bicyclic) bond motifs is 2. The van der Waals surface area contributed by atoms with Crippen LogP contribution in [0.15, 0.2) is 46.5 Å². The number of hydrogen-bond donors (Lipinski definition) is 1. The highest BCUT2D eigenvalue weighted by Crippen LogP contribution is 2.39. The molecule has 1 amide bonds. The summed E-state index contributed by atoms with van der Waals surface area (Å²) in [5.41, 5.74) is 2.21. The quantitative estimate of drug-likeness (QED) is 0.145. The van der Waals surface area contributed by atoms with Gasteiger partial charge >= 0.3 is 5.97 Å². The van der Waals surface area contributed by atoms with E-state index in [4.69, 9.17) is 20.8 Å². The van der Waals surface area contributed by atoms with Crippen molar-refractivity contribution in [1.29, 1.82) is 0 Å². The molecule has 3 aromatic heterocycles. The van der Waals surface area contributed by atoms with E-state index in [1.165, 1.54) is 23.1 Å². The molecule has 192 valence electrons. The van der Waals surface area contributed by atoms with Gasteiger partial charge in [-0.05, 0) is 62.4 Å². The molecule has 0 fully saturated rings. The van der Waals surface area contributed by atoms with E-state index in [1.54, 1.807) is 19.1 Å². The third-order valence-electron chi connectivity index (χ3n) is 5.96. The minimum absolute atomic E-state index is 0.0931. The smallest absolute Gasteiger partial charge is 0.341 e. The van der Waals surface area contributed by atoms with E-state index >= 15 is 0 Å². The van der Waals surface area contributed by atoms with Crippen LogP contribution in [0.5, 0.6) is 0 Å². The molecule has 5 rings (SSSR count). The molecule has 0 saturated carbocycles. The number of amides is 1. The van der Waals surface area contributed by atoms with Gasteiger partial charge in [-0.2, -0.15) is 0 Å². The Balaban J connectivity index is 1.34. The van der Waals surface area contributed by atoms with Crippen LogP contribution in [0.3, 0.4) is 0 Å². The summed E-state index contributed by atoms with van der Waals surface area (Å²) in [5.74, 6) is 0.557. The van der Waals surface area contributed by atoms with Gasteiger partial charge in [0.15, 0.2) is 10.9 Å². The number of halogens is 1. The molecule has 1 N–H and O–H groups in total. The summed E-state index contributed by atoms with van der Waals surface area (Å²) in [6.07, 6.45) is 5.58. The molecule has 1 aromatic carbocycles. The van der Waals surface area contributed by atoms with Crippen molar-refractivity contribution >= 4 is 62.5 Å². The van der Waals surface area contributed by atoms with Gasteiger partial charge in [0.1, 0.15) is 10.6 Å². The third-order valence-corrected chi connectivity index (χ3v) is 8.37. The Morgan fingerprint density at radius 3 is 2.95 bits per heavy atom. The number of thiophene rings is 1. The van der Waals surface area contributed by atoms with Crippen molar-refractivity contribution in [2.24, 2.45) is 0 Å². The number of thioether (sulfide) groups is 1. The number of carbonyl (C=O) groups is 2. The molecule has 0 spiro atoms. The molecule has 0 saturated heterocycles. The summed E-state index contributed by atoms with van der Waals surface area (Å²) in [4.78, 5) is 26.8. The first-order valence-corrected chi connectivity index (χ1v) is 14.1. The van der Waals surface area contributed by atoms with Gasteiger partial charge in [-0.25, -0.2) is 4.79 Å². The second-order valence-electron chi connectivity index (χ2n) is 8.47. The van der Waals surface area contributed by atoms with Crippen LogP contribution in [0.1, 0.15) is 40.6 Å². The second kappa shape index (κ2) is 11.1. The summed E-state index contributed by atoms with van der Waals surface area (Å²) in [7, 11) is 0. The van der Waals surface area contributed by atoms with E-state index in [-0.39, 0.29) is 24.2 Å². The summed E-state index contributed by atoms with van der Waals surface area (Å²) >= 11 is 8.83. The van der Waals surface area contributed by atoms with Crippen molar-refractivity contribution in [3.05, 3.63) is 57.9 Å². The van der Waals surface area contributed by atoms with Gasteiger partial charge in [-0.1, -0.05) is 29.4 Å². The minimum Gasteiger partial charge on any atom is -0.462 e. The molecular weight excluding hydrogens is 532 g/mol. The van der Waals surface area contributed by atoms with E-state index in [2.05, 4.69) is 22.1 Å². The van der Waals surface area contributed by atoms with Crippen molar-refractivity contribution in [2.75, 3.05) is 17.7 Å². The predicted molar refractivity (Wildman–Crippen MR) is 147 cm³/mol. The molecule has 0 atom stereocenters. The molecular formula is C26H25ClN4O4S2. The average Bonchev–Trinajstić information content (AvgIpc) is 3.57.